The van der Waals surface area contributed by atoms with E-state index in [0.717, 1.165) is 81.3 Å². The quantitative estimate of drug-likeness (QED) is 0.456. The number of nitrogens with zero attached hydrogens (tertiary/aromatic N) is 5. The lowest BCUT2D eigenvalue weighted by molar-refractivity contribution is 0.111. The Kier molecular flexibility index (Phi) is 7.19. The number of benzene rings is 1. The first-order valence-electron chi connectivity index (χ1n) is 14.3. The van der Waals surface area contributed by atoms with Gasteiger partial charge in [-0.3, -0.25) is 4.90 Å². The average molecular weight is 503 g/mol. The van der Waals surface area contributed by atoms with Crippen LogP contribution in [0.3, 0.4) is 0 Å². The molecule has 3 heterocycles. The van der Waals surface area contributed by atoms with Gasteiger partial charge in [0.15, 0.2) is 0 Å². The molecule has 2 N–H and O–H groups in total. The molecule has 2 aliphatic carbocycles. The zero-order valence-corrected chi connectivity index (χ0v) is 22.4. The predicted molar refractivity (Wildman–Crippen MR) is 150 cm³/mol. The number of piperazine rings is 1. The molecule has 1 atom stereocenters. The van der Waals surface area contributed by atoms with Crippen LogP contribution < -0.4 is 5.32 Å². The molecule has 6 rings (SSSR count). The lowest BCUT2D eigenvalue weighted by Crippen LogP contribution is -2.43. The molecule has 3 aromatic rings. The van der Waals surface area contributed by atoms with Crippen LogP contribution >= 0.6 is 0 Å². The third-order valence-electron chi connectivity index (χ3n) is 8.66. The fraction of sp³-hybridized carbons (Fsp3) is 0.600. The van der Waals surface area contributed by atoms with E-state index in [0.29, 0.717) is 12.1 Å². The van der Waals surface area contributed by atoms with Gasteiger partial charge in [-0.25, -0.2) is 4.98 Å². The van der Waals surface area contributed by atoms with Crippen LogP contribution in [0.2, 0.25) is 0 Å². The highest BCUT2D eigenvalue weighted by Crippen LogP contribution is 2.37. The third-order valence-corrected chi connectivity index (χ3v) is 8.66. The van der Waals surface area contributed by atoms with E-state index in [4.69, 9.17) is 9.97 Å². The van der Waals surface area contributed by atoms with Gasteiger partial charge in [-0.1, -0.05) is 37.1 Å². The molecule has 1 saturated heterocycles. The SMILES string of the molecule is CC(CC1CC1)Nc1ncc2c(-c3ccc(CN4CCN(C)CC4)cc3)cn(C3CCC(O)CC3)c2n1. The highest BCUT2D eigenvalue weighted by molar-refractivity contribution is 5.94. The summed E-state index contributed by atoms with van der Waals surface area (Å²) in [6.45, 7) is 7.81. The number of aliphatic hydroxyl groups is 1. The molecule has 198 valence electrons. The van der Waals surface area contributed by atoms with Crippen LogP contribution in [0.15, 0.2) is 36.7 Å². The standard InChI is InChI=1S/C30H42N6O/c1-21(17-22-3-4-22)32-30-31-18-27-28(20-36(29(27)33-30)25-9-11-26(37)12-10-25)24-7-5-23(6-8-24)19-35-15-13-34(2)14-16-35/h5-8,18,20-22,25-26,37H,3-4,9-17,19H2,1-2H3,(H,31,32,33). The summed E-state index contributed by atoms with van der Waals surface area (Å²) in [6.07, 6.45) is 11.7. The maximum atomic E-state index is 10.1. The minimum Gasteiger partial charge on any atom is -0.393 e. The van der Waals surface area contributed by atoms with Gasteiger partial charge in [0.25, 0.3) is 0 Å². The summed E-state index contributed by atoms with van der Waals surface area (Å²) in [6, 6.07) is 9.83. The number of anilines is 1. The summed E-state index contributed by atoms with van der Waals surface area (Å²) >= 11 is 0. The first kappa shape index (κ1) is 24.8. The minimum atomic E-state index is -0.166. The fourth-order valence-electron chi connectivity index (χ4n) is 6.13. The van der Waals surface area contributed by atoms with Crippen LogP contribution in [0, 0.1) is 5.92 Å². The van der Waals surface area contributed by atoms with Crippen molar-refractivity contribution in [1.29, 1.82) is 0 Å². The van der Waals surface area contributed by atoms with Crippen LogP contribution in [0.5, 0.6) is 0 Å². The van der Waals surface area contributed by atoms with Crippen LogP contribution in [0.25, 0.3) is 22.2 Å². The molecule has 37 heavy (non-hydrogen) atoms. The molecule has 2 saturated carbocycles. The fourth-order valence-corrected chi connectivity index (χ4v) is 6.13. The maximum absolute atomic E-state index is 10.1. The average Bonchev–Trinajstić information content (AvgIpc) is 3.64. The molecule has 2 aromatic heterocycles. The second-order valence-electron chi connectivity index (χ2n) is 11.8. The summed E-state index contributed by atoms with van der Waals surface area (Å²) in [4.78, 5) is 14.7. The van der Waals surface area contributed by atoms with Gasteiger partial charge in [0.05, 0.1) is 6.10 Å². The molecule has 1 unspecified atom stereocenters. The number of fused-ring (bicyclic) bond motifs is 1. The van der Waals surface area contributed by atoms with Gasteiger partial charge in [0.2, 0.25) is 5.95 Å². The van der Waals surface area contributed by atoms with Crippen molar-refractivity contribution in [3.05, 3.63) is 42.2 Å². The molecular formula is C30H42N6O. The molecular weight excluding hydrogens is 460 g/mol. The molecule has 7 nitrogen and oxygen atoms in total. The van der Waals surface area contributed by atoms with Crippen molar-refractivity contribution in [2.45, 2.75) is 76.6 Å². The van der Waals surface area contributed by atoms with Gasteiger partial charge in [0, 0.05) is 68.2 Å². The molecule has 1 aromatic carbocycles. The normalized spacial score (nSPS) is 24.4. The lowest BCUT2D eigenvalue weighted by Gasteiger charge is -2.32. The van der Waals surface area contributed by atoms with Crippen molar-refractivity contribution in [1.82, 2.24) is 24.3 Å². The van der Waals surface area contributed by atoms with Gasteiger partial charge in [-0.05, 0) is 63.1 Å². The van der Waals surface area contributed by atoms with Crippen LogP contribution in [0.4, 0.5) is 5.95 Å². The summed E-state index contributed by atoms with van der Waals surface area (Å²) < 4.78 is 2.37. The topological polar surface area (TPSA) is 69.5 Å². The number of aromatic nitrogens is 3. The summed E-state index contributed by atoms with van der Waals surface area (Å²) in [5.74, 6) is 1.60. The van der Waals surface area contributed by atoms with Crippen LogP contribution in [-0.4, -0.2) is 74.8 Å². The molecule has 0 amide bonds. The Balaban J connectivity index is 1.27. The lowest BCUT2D eigenvalue weighted by atomic mass is 9.93. The van der Waals surface area contributed by atoms with Crippen LogP contribution in [0.1, 0.15) is 63.5 Å². The Hall–Kier alpha value is -2.48. The second-order valence-corrected chi connectivity index (χ2v) is 11.8. The number of rotatable bonds is 8. The molecule has 1 aliphatic heterocycles. The molecule has 0 radical (unpaired) electrons. The highest BCUT2D eigenvalue weighted by atomic mass is 16.3. The smallest absolute Gasteiger partial charge is 0.224 e. The van der Waals surface area contributed by atoms with Gasteiger partial charge in [0.1, 0.15) is 5.65 Å². The Morgan fingerprint density at radius 3 is 2.43 bits per heavy atom. The highest BCUT2D eigenvalue weighted by Gasteiger charge is 2.26. The van der Waals surface area contributed by atoms with Crippen molar-refractivity contribution in [2.24, 2.45) is 5.92 Å². The van der Waals surface area contributed by atoms with E-state index in [9.17, 15) is 5.11 Å². The molecule has 3 fully saturated rings. The van der Waals surface area contributed by atoms with Gasteiger partial charge in [-0.2, -0.15) is 4.98 Å². The second kappa shape index (κ2) is 10.7. The van der Waals surface area contributed by atoms with Crippen molar-refractivity contribution >= 4 is 17.0 Å². The monoisotopic (exact) mass is 502 g/mol. The van der Waals surface area contributed by atoms with E-state index in [2.05, 4.69) is 64.1 Å². The molecule has 0 spiro atoms. The third kappa shape index (κ3) is 5.84. The number of likely N-dealkylation sites (N-methyl/N-ethyl adjacent to an activating group) is 1. The van der Waals surface area contributed by atoms with E-state index < -0.39 is 0 Å². The Bertz CT molecular complexity index is 1190. The number of nitrogens with one attached hydrogen (secondary N) is 1. The Morgan fingerprint density at radius 1 is 1.00 bits per heavy atom. The largest absolute Gasteiger partial charge is 0.393 e. The Labute approximate surface area is 220 Å². The number of hydrogen-bond acceptors (Lipinski definition) is 6. The minimum absolute atomic E-state index is 0.166. The van der Waals surface area contributed by atoms with Crippen molar-refractivity contribution in [2.75, 3.05) is 38.5 Å². The molecule has 7 heteroatoms. The van der Waals surface area contributed by atoms with E-state index >= 15 is 0 Å². The Morgan fingerprint density at radius 2 is 1.73 bits per heavy atom. The van der Waals surface area contributed by atoms with Crippen molar-refractivity contribution in [3.63, 3.8) is 0 Å². The zero-order valence-electron chi connectivity index (χ0n) is 22.4. The van der Waals surface area contributed by atoms with E-state index in [1.807, 2.05) is 6.20 Å². The zero-order chi connectivity index (χ0) is 25.4. The van der Waals surface area contributed by atoms with Crippen molar-refractivity contribution in [3.8, 4) is 11.1 Å². The summed E-state index contributed by atoms with van der Waals surface area (Å²) in [5, 5.41) is 14.8. The van der Waals surface area contributed by atoms with Gasteiger partial charge >= 0.3 is 0 Å². The van der Waals surface area contributed by atoms with Crippen LogP contribution in [-0.2, 0) is 6.54 Å². The van der Waals surface area contributed by atoms with Gasteiger partial charge < -0.3 is 19.9 Å². The van der Waals surface area contributed by atoms with E-state index in [1.165, 1.54) is 36.0 Å². The maximum Gasteiger partial charge on any atom is 0.224 e. The predicted octanol–water partition coefficient (Wildman–Crippen LogP) is 4.92. The molecule has 3 aliphatic rings. The summed E-state index contributed by atoms with van der Waals surface area (Å²) in [5.41, 5.74) is 4.79. The van der Waals surface area contributed by atoms with E-state index in [-0.39, 0.29) is 6.10 Å². The van der Waals surface area contributed by atoms with Crippen molar-refractivity contribution < 1.29 is 5.11 Å². The summed E-state index contributed by atoms with van der Waals surface area (Å²) in [7, 11) is 2.20. The molecule has 0 bridgehead atoms. The van der Waals surface area contributed by atoms with E-state index in [1.54, 1.807) is 0 Å². The number of aliphatic hydroxyl groups excluding tert-OH is 1. The van der Waals surface area contributed by atoms with Gasteiger partial charge in [-0.15, -0.1) is 0 Å². The number of hydrogen-bond donors (Lipinski definition) is 2. The first-order chi connectivity index (χ1) is 18.0. The first-order valence-corrected chi connectivity index (χ1v) is 14.3.